The molecule has 0 radical (unpaired) electrons. The molecular formula is C28H43NO6. The number of nitrogens with one attached hydrogen (secondary N) is 1. The van der Waals surface area contributed by atoms with Gasteiger partial charge in [-0.05, 0) is 68.4 Å². The van der Waals surface area contributed by atoms with E-state index in [4.69, 9.17) is 14.2 Å². The van der Waals surface area contributed by atoms with Crippen LogP contribution in [0.3, 0.4) is 0 Å². The predicted octanol–water partition coefficient (Wildman–Crippen LogP) is 4.50. The second-order valence-electron chi connectivity index (χ2n) is 11.1. The molecule has 35 heavy (non-hydrogen) atoms. The number of cyclic esters (lactones) is 1. The molecule has 1 aliphatic heterocycles. The van der Waals surface area contributed by atoms with E-state index in [1.165, 1.54) is 19.4 Å². The summed E-state index contributed by atoms with van der Waals surface area (Å²) in [5.74, 6) is -0.534. The van der Waals surface area contributed by atoms with Crippen LogP contribution < -0.4 is 5.32 Å². The van der Waals surface area contributed by atoms with Crippen molar-refractivity contribution in [2.45, 2.75) is 91.7 Å². The fourth-order valence-electron chi connectivity index (χ4n) is 6.92. The molecule has 7 heteroatoms. The van der Waals surface area contributed by atoms with Gasteiger partial charge < -0.3 is 19.5 Å². The van der Waals surface area contributed by atoms with E-state index in [9.17, 15) is 14.4 Å². The Balaban J connectivity index is 1.92. The van der Waals surface area contributed by atoms with Gasteiger partial charge in [0.25, 0.3) is 0 Å². The van der Waals surface area contributed by atoms with Crippen molar-refractivity contribution in [3.05, 3.63) is 23.8 Å². The van der Waals surface area contributed by atoms with Crippen molar-refractivity contribution in [2.24, 2.45) is 22.7 Å². The largest absolute Gasteiger partial charge is 0.465 e. The third kappa shape index (κ3) is 5.82. The summed E-state index contributed by atoms with van der Waals surface area (Å²) in [6, 6.07) is -0.0974. The molecule has 0 amide bonds. The molecule has 3 aliphatic rings. The van der Waals surface area contributed by atoms with Gasteiger partial charge in [-0.15, -0.1) is 0 Å². The van der Waals surface area contributed by atoms with Gasteiger partial charge in [-0.3, -0.25) is 9.59 Å². The van der Waals surface area contributed by atoms with Crippen LogP contribution in [0.5, 0.6) is 0 Å². The molecule has 1 unspecified atom stereocenters. The first-order chi connectivity index (χ1) is 16.5. The van der Waals surface area contributed by atoms with E-state index in [0.29, 0.717) is 13.0 Å². The van der Waals surface area contributed by atoms with Crippen LogP contribution in [0.15, 0.2) is 23.8 Å². The highest BCUT2D eigenvalue weighted by molar-refractivity contribution is 5.91. The third-order valence-electron chi connectivity index (χ3n) is 8.73. The zero-order valence-corrected chi connectivity index (χ0v) is 22.1. The smallest absolute Gasteiger partial charge is 0.335 e. The summed E-state index contributed by atoms with van der Waals surface area (Å²) in [5.41, 5.74) is 1.30. The van der Waals surface area contributed by atoms with Crippen LogP contribution in [-0.2, 0) is 28.6 Å². The molecule has 1 N–H and O–H groups in total. The second kappa shape index (κ2) is 11.3. The van der Waals surface area contributed by atoms with Crippen molar-refractivity contribution in [1.29, 1.82) is 0 Å². The highest BCUT2D eigenvalue weighted by Crippen LogP contribution is 2.62. The number of hydrogen-bond acceptors (Lipinski definition) is 7. The maximum atomic E-state index is 12.5. The SMILES string of the molecule is C=C1CC[C@@H]2[C@](C)(COC(C)=O)[C@H](OC(C)=O)CC[C@@]2(C)[C@@H]1CC(NCCCC)C1=CCOC1=O. The van der Waals surface area contributed by atoms with Crippen molar-refractivity contribution in [3.8, 4) is 0 Å². The maximum absolute atomic E-state index is 12.5. The average Bonchev–Trinajstić information content (AvgIpc) is 3.21. The second-order valence-corrected chi connectivity index (χ2v) is 11.1. The number of esters is 3. The first-order valence-corrected chi connectivity index (χ1v) is 13.1. The lowest BCUT2D eigenvalue weighted by molar-refractivity contribution is -0.191. The lowest BCUT2D eigenvalue weighted by Gasteiger charge is -2.60. The minimum absolute atomic E-state index is 0.0974. The van der Waals surface area contributed by atoms with Crippen molar-refractivity contribution >= 4 is 17.9 Å². The molecule has 0 spiro atoms. The Morgan fingerprint density at radius 2 is 2.00 bits per heavy atom. The summed E-state index contributed by atoms with van der Waals surface area (Å²) in [7, 11) is 0. The zero-order chi connectivity index (χ0) is 25.8. The maximum Gasteiger partial charge on any atom is 0.335 e. The van der Waals surface area contributed by atoms with Gasteiger partial charge in [0.2, 0.25) is 0 Å². The molecule has 0 aromatic heterocycles. The van der Waals surface area contributed by atoms with E-state index in [2.05, 4.69) is 32.7 Å². The Bertz CT molecular complexity index is 866. The molecule has 2 saturated carbocycles. The number of unbranched alkanes of at least 4 members (excludes halogenated alkanes) is 1. The van der Waals surface area contributed by atoms with Gasteiger partial charge >= 0.3 is 17.9 Å². The molecule has 0 saturated heterocycles. The third-order valence-corrected chi connectivity index (χ3v) is 8.73. The highest BCUT2D eigenvalue weighted by Gasteiger charge is 2.59. The van der Waals surface area contributed by atoms with Gasteiger partial charge in [-0.25, -0.2) is 4.79 Å². The molecule has 0 aromatic carbocycles. The number of rotatable bonds is 10. The number of carbonyl (C=O) groups excluding carboxylic acids is 3. The van der Waals surface area contributed by atoms with Gasteiger partial charge in [0.05, 0.1) is 5.57 Å². The van der Waals surface area contributed by atoms with E-state index in [-0.39, 0.29) is 53.9 Å². The molecule has 2 fully saturated rings. The summed E-state index contributed by atoms with van der Waals surface area (Å²) >= 11 is 0. The van der Waals surface area contributed by atoms with Crippen LogP contribution in [0.4, 0.5) is 0 Å². The van der Waals surface area contributed by atoms with Crippen LogP contribution in [0.2, 0.25) is 0 Å². The van der Waals surface area contributed by atoms with Crippen LogP contribution in [-0.4, -0.2) is 49.8 Å². The standard InChI is InChI=1S/C28H43NO6/c1-7-8-14-29-23(21-12-15-33-26(21)32)16-22-18(2)9-10-24-27(22,5)13-11-25(35-20(4)31)28(24,6)17-34-19(3)30/h12,22-25,29H,2,7-11,13-17H2,1,3-6H3/t22-,23?,24+,25-,27+,28+/m1/s1. The molecule has 6 atom stereocenters. The van der Waals surface area contributed by atoms with Crippen molar-refractivity contribution in [1.82, 2.24) is 5.32 Å². The zero-order valence-electron chi connectivity index (χ0n) is 22.1. The number of hydrogen-bond donors (Lipinski definition) is 1. The number of allylic oxidation sites excluding steroid dienone is 1. The Labute approximate surface area is 210 Å². The summed E-state index contributed by atoms with van der Waals surface area (Å²) < 4.78 is 16.6. The van der Waals surface area contributed by atoms with Gasteiger partial charge in [-0.1, -0.05) is 39.3 Å². The predicted molar refractivity (Wildman–Crippen MR) is 133 cm³/mol. The summed E-state index contributed by atoms with van der Waals surface area (Å²) in [4.78, 5) is 36.2. The van der Waals surface area contributed by atoms with Crippen molar-refractivity contribution in [3.63, 3.8) is 0 Å². The molecular weight excluding hydrogens is 446 g/mol. The Kier molecular flexibility index (Phi) is 8.84. The van der Waals surface area contributed by atoms with Crippen LogP contribution >= 0.6 is 0 Å². The average molecular weight is 490 g/mol. The molecule has 196 valence electrons. The highest BCUT2D eigenvalue weighted by atomic mass is 16.6. The van der Waals surface area contributed by atoms with Crippen molar-refractivity contribution in [2.75, 3.05) is 19.8 Å². The van der Waals surface area contributed by atoms with Gasteiger partial charge in [0, 0.05) is 25.3 Å². The summed E-state index contributed by atoms with van der Waals surface area (Å²) in [6.45, 7) is 15.3. The lowest BCUT2D eigenvalue weighted by atomic mass is 9.46. The summed E-state index contributed by atoms with van der Waals surface area (Å²) in [5, 5.41) is 3.62. The number of fused-ring (bicyclic) bond motifs is 1. The van der Waals surface area contributed by atoms with E-state index >= 15 is 0 Å². The van der Waals surface area contributed by atoms with Crippen LogP contribution in [0.1, 0.15) is 79.6 Å². The minimum Gasteiger partial charge on any atom is -0.465 e. The first-order valence-electron chi connectivity index (χ1n) is 13.1. The monoisotopic (exact) mass is 489 g/mol. The Hall–Kier alpha value is -2.15. The van der Waals surface area contributed by atoms with E-state index in [0.717, 1.165) is 50.6 Å². The fourth-order valence-corrected chi connectivity index (χ4v) is 6.92. The normalized spacial score (nSPS) is 33.4. The van der Waals surface area contributed by atoms with Crippen LogP contribution in [0, 0.1) is 22.7 Å². The van der Waals surface area contributed by atoms with E-state index in [1.54, 1.807) is 0 Å². The lowest BCUT2D eigenvalue weighted by Crippen LogP contribution is -2.59. The molecule has 7 nitrogen and oxygen atoms in total. The molecule has 0 bridgehead atoms. The quantitative estimate of drug-likeness (QED) is 0.209. The van der Waals surface area contributed by atoms with Gasteiger partial charge in [-0.2, -0.15) is 0 Å². The van der Waals surface area contributed by atoms with E-state index < -0.39 is 5.41 Å². The molecule has 0 aromatic rings. The number of carbonyl (C=O) groups is 3. The van der Waals surface area contributed by atoms with Crippen LogP contribution in [0.25, 0.3) is 0 Å². The van der Waals surface area contributed by atoms with Crippen molar-refractivity contribution < 1.29 is 28.6 Å². The van der Waals surface area contributed by atoms with E-state index in [1.807, 2.05) is 6.08 Å². The Morgan fingerprint density at radius 1 is 1.26 bits per heavy atom. The molecule has 3 rings (SSSR count). The molecule has 1 heterocycles. The number of ether oxygens (including phenoxy) is 3. The molecule has 2 aliphatic carbocycles. The summed E-state index contributed by atoms with van der Waals surface area (Å²) in [6.07, 6.45) is 7.80. The minimum atomic E-state index is -0.500. The Morgan fingerprint density at radius 3 is 2.60 bits per heavy atom. The van der Waals surface area contributed by atoms with Gasteiger partial charge in [0.1, 0.15) is 19.3 Å². The van der Waals surface area contributed by atoms with Gasteiger partial charge in [0.15, 0.2) is 0 Å². The topological polar surface area (TPSA) is 90.9 Å². The first kappa shape index (κ1) is 27.4. The fraction of sp³-hybridized carbons (Fsp3) is 0.750.